The minimum Gasteiger partial charge on any atom is -0.340 e. The van der Waals surface area contributed by atoms with Crippen molar-refractivity contribution in [1.29, 1.82) is 0 Å². The van der Waals surface area contributed by atoms with E-state index in [4.69, 9.17) is 10.7 Å². The summed E-state index contributed by atoms with van der Waals surface area (Å²) in [7, 11) is 0. The highest BCUT2D eigenvalue weighted by Crippen LogP contribution is 2.48. The lowest BCUT2D eigenvalue weighted by molar-refractivity contribution is 0.630. The van der Waals surface area contributed by atoms with E-state index in [1.165, 1.54) is 16.7 Å². The summed E-state index contributed by atoms with van der Waals surface area (Å²) in [5, 5.41) is 0. The average Bonchev–Trinajstić information content (AvgIpc) is 3.14. The minimum atomic E-state index is -0.750. The van der Waals surface area contributed by atoms with Crippen LogP contribution in [0.25, 0.3) is 22.2 Å². The predicted molar refractivity (Wildman–Crippen MR) is 96.8 cm³/mol. The number of imidazole rings is 1. The van der Waals surface area contributed by atoms with Gasteiger partial charge in [-0.25, -0.2) is 4.98 Å². The van der Waals surface area contributed by atoms with Gasteiger partial charge in [-0.3, -0.25) is 0 Å². The molecule has 0 amide bonds. The molecule has 3 nitrogen and oxygen atoms in total. The molecule has 0 aliphatic heterocycles. The predicted octanol–water partition coefficient (Wildman–Crippen LogP) is 4.10. The van der Waals surface area contributed by atoms with Crippen molar-refractivity contribution in [3.05, 3.63) is 89.2 Å². The molecule has 1 aliphatic carbocycles. The van der Waals surface area contributed by atoms with Gasteiger partial charge in [0.15, 0.2) is 0 Å². The number of hydrogen-bond acceptors (Lipinski definition) is 2. The number of nitrogens with zero attached hydrogens (tertiary/aromatic N) is 1. The first-order chi connectivity index (χ1) is 11.7. The lowest BCUT2D eigenvalue weighted by Crippen LogP contribution is -2.38. The van der Waals surface area contributed by atoms with E-state index < -0.39 is 5.54 Å². The van der Waals surface area contributed by atoms with E-state index >= 15 is 0 Å². The fraction of sp³-hybridized carbons (Fsp3) is 0.0952. The molecule has 0 radical (unpaired) electrons. The lowest BCUT2D eigenvalue weighted by Gasteiger charge is -2.24. The van der Waals surface area contributed by atoms with Gasteiger partial charge in [0.25, 0.3) is 0 Å². The molecule has 1 aromatic heterocycles. The molecule has 3 aromatic carbocycles. The zero-order valence-corrected chi connectivity index (χ0v) is 13.4. The number of fused-ring (bicyclic) bond motifs is 4. The second-order valence-corrected chi connectivity index (χ2v) is 6.51. The Bertz CT molecular complexity index is 1050. The van der Waals surface area contributed by atoms with E-state index in [9.17, 15) is 0 Å². The van der Waals surface area contributed by atoms with Crippen LogP contribution >= 0.6 is 0 Å². The third-order valence-electron chi connectivity index (χ3n) is 5.00. The maximum atomic E-state index is 7.01. The molecular formula is C21H17N3. The highest BCUT2D eigenvalue weighted by Gasteiger charge is 2.43. The van der Waals surface area contributed by atoms with Crippen LogP contribution in [-0.2, 0) is 5.54 Å². The molecule has 0 unspecified atom stereocenters. The van der Waals surface area contributed by atoms with E-state index in [0.717, 1.165) is 28.0 Å². The van der Waals surface area contributed by atoms with Crippen molar-refractivity contribution >= 4 is 11.0 Å². The summed E-state index contributed by atoms with van der Waals surface area (Å²) in [5.41, 5.74) is 14.0. The van der Waals surface area contributed by atoms with E-state index in [0.29, 0.717) is 0 Å². The van der Waals surface area contributed by atoms with Gasteiger partial charge < -0.3 is 10.7 Å². The monoisotopic (exact) mass is 311 g/mol. The Morgan fingerprint density at radius 3 is 2.17 bits per heavy atom. The first-order valence-electron chi connectivity index (χ1n) is 8.13. The summed E-state index contributed by atoms with van der Waals surface area (Å²) in [4.78, 5) is 8.29. The van der Waals surface area contributed by atoms with Gasteiger partial charge in [0, 0.05) is 0 Å². The fourth-order valence-corrected chi connectivity index (χ4v) is 3.83. The quantitative estimate of drug-likeness (QED) is 0.556. The van der Waals surface area contributed by atoms with Crippen molar-refractivity contribution < 1.29 is 0 Å². The first-order valence-corrected chi connectivity index (χ1v) is 8.13. The van der Waals surface area contributed by atoms with Crippen LogP contribution in [0.2, 0.25) is 0 Å². The fourth-order valence-electron chi connectivity index (χ4n) is 3.83. The minimum absolute atomic E-state index is 0.750. The summed E-state index contributed by atoms with van der Waals surface area (Å²) >= 11 is 0. The second-order valence-electron chi connectivity index (χ2n) is 6.51. The molecule has 3 N–H and O–H groups in total. The topological polar surface area (TPSA) is 54.7 Å². The van der Waals surface area contributed by atoms with Gasteiger partial charge in [-0.05, 0) is 46.9 Å². The number of benzene rings is 3. The molecule has 0 bridgehead atoms. The average molecular weight is 311 g/mol. The highest BCUT2D eigenvalue weighted by molar-refractivity contribution is 5.84. The molecule has 0 saturated heterocycles. The van der Waals surface area contributed by atoms with Crippen molar-refractivity contribution in [2.24, 2.45) is 5.73 Å². The van der Waals surface area contributed by atoms with Gasteiger partial charge in [0.1, 0.15) is 11.4 Å². The van der Waals surface area contributed by atoms with Crippen molar-refractivity contribution in [1.82, 2.24) is 9.97 Å². The Hall–Kier alpha value is -2.91. The van der Waals surface area contributed by atoms with E-state index in [1.807, 2.05) is 18.2 Å². The van der Waals surface area contributed by atoms with Crippen LogP contribution in [-0.4, -0.2) is 9.97 Å². The second kappa shape index (κ2) is 4.56. The van der Waals surface area contributed by atoms with Gasteiger partial charge in [-0.1, -0.05) is 54.6 Å². The highest BCUT2D eigenvalue weighted by atomic mass is 15.0. The summed E-state index contributed by atoms with van der Waals surface area (Å²) in [6.45, 7) is 2.08. The van der Waals surface area contributed by atoms with Crippen LogP contribution in [0.5, 0.6) is 0 Å². The molecule has 5 rings (SSSR count). The molecule has 0 saturated carbocycles. The van der Waals surface area contributed by atoms with Crippen molar-refractivity contribution in [3.63, 3.8) is 0 Å². The Morgan fingerprint density at radius 2 is 1.50 bits per heavy atom. The third kappa shape index (κ3) is 1.62. The Morgan fingerprint density at radius 1 is 0.875 bits per heavy atom. The maximum Gasteiger partial charge on any atom is 0.136 e. The van der Waals surface area contributed by atoms with Gasteiger partial charge >= 0.3 is 0 Å². The molecule has 24 heavy (non-hydrogen) atoms. The Balaban J connectivity index is 1.85. The van der Waals surface area contributed by atoms with Crippen LogP contribution in [0, 0.1) is 6.92 Å². The number of nitrogens with one attached hydrogen (secondary N) is 1. The largest absolute Gasteiger partial charge is 0.340 e. The molecule has 0 fully saturated rings. The van der Waals surface area contributed by atoms with Crippen molar-refractivity contribution in [2.75, 3.05) is 0 Å². The Labute approximate surface area is 140 Å². The number of aromatic amines is 1. The van der Waals surface area contributed by atoms with Crippen LogP contribution in [0.15, 0.2) is 66.7 Å². The van der Waals surface area contributed by atoms with E-state index in [2.05, 4.69) is 60.4 Å². The van der Waals surface area contributed by atoms with E-state index in [-0.39, 0.29) is 0 Å². The number of aryl methyl sites for hydroxylation is 1. The van der Waals surface area contributed by atoms with E-state index in [1.54, 1.807) is 0 Å². The zero-order chi connectivity index (χ0) is 16.3. The molecule has 1 heterocycles. The summed E-state index contributed by atoms with van der Waals surface area (Å²) in [5.74, 6) is 0.792. The molecular weight excluding hydrogens is 294 g/mol. The molecule has 1 aliphatic rings. The van der Waals surface area contributed by atoms with Gasteiger partial charge in [-0.15, -0.1) is 0 Å². The van der Waals surface area contributed by atoms with Crippen LogP contribution in [0.3, 0.4) is 0 Å². The molecule has 116 valence electrons. The summed E-state index contributed by atoms with van der Waals surface area (Å²) in [6.07, 6.45) is 0. The van der Waals surface area contributed by atoms with Gasteiger partial charge in [0.2, 0.25) is 0 Å². The van der Waals surface area contributed by atoms with Crippen LogP contribution < -0.4 is 5.73 Å². The molecule has 4 aromatic rings. The molecule has 3 heteroatoms. The number of rotatable bonds is 1. The zero-order valence-electron chi connectivity index (χ0n) is 13.4. The number of H-pyrrole nitrogens is 1. The maximum absolute atomic E-state index is 7.01. The van der Waals surface area contributed by atoms with Crippen LogP contribution in [0.4, 0.5) is 0 Å². The van der Waals surface area contributed by atoms with Gasteiger partial charge in [0.05, 0.1) is 11.0 Å². The smallest absolute Gasteiger partial charge is 0.136 e. The summed E-state index contributed by atoms with van der Waals surface area (Å²) < 4.78 is 0. The van der Waals surface area contributed by atoms with Crippen LogP contribution in [0.1, 0.15) is 22.5 Å². The molecule has 0 spiro atoms. The normalized spacial score (nSPS) is 14.6. The SMILES string of the molecule is Cc1ccc2nc(C3(N)c4ccccc4-c4ccccc43)[nH]c2c1. The molecule has 0 atom stereocenters. The number of hydrogen-bond donors (Lipinski definition) is 2. The standard InChI is InChI=1S/C21H17N3/c1-13-10-11-18-19(12-13)24-20(23-18)21(22)16-8-4-2-6-14(16)15-7-3-5-9-17(15)21/h2-12H,22H2,1H3,(H,23,24). The van der Waals surface area contributed by atoms with Gasteiger partial charge in [-0.2, -0.15) is 0 Å². The Kier molecular flexibility index (Phi) is 2.57. The third-order valence-corrected chi connectivity index (χ3v) is 5.00. The van der Waals surface area contributed by atoms with Crippen molar-refractivity contribution in [3.8, 4) is 11.1 Å². The number of aromatic nitrogens is 2. The number of nitrogens with two attached hydrogens (primary N) is 1. The van der Waals surface area contributed by atoms with Crippen molar-refractivity contribution in [2.45, 2.75) is 12.5 Å². The summed E-state index contributed by atoms with van der Waals surface area (Å²) in [6, 6.07) is 22.9. The first kappa shape index (κ1) is 13.5. The lowest BCUT2D eigenvalue weighted by atomic mass is 9.88.